The van der Waals surface area contributed by atoms with Crippen molar-refractivity contribution in [3.8, 4) is 5.75 Å². The van der Waals surface area contributed by atoms with Crippen molar-refractivity contribution >= 4 is 52.1 Å². The Balaban J connectivity index is 1.69. The molecule has 1 unspecified atom stereocenters. The van der Waals surface area contributed by atoms with Crippen molar-refractivity contribution in [1.29, 1.82) is 0 Å². The van der Waals surface area contributed by atoms with Gasteiger partial charge in [0.05, 0.1) is 21.4 Å². The van der Waals surface area contributed by atoms with Crippen LogP contribution in [0.5, 0.6) is 5.75 Å². The molecule has 1 heterocycles. The molecule has 2 aromatic carbocycles. The van der Waals surface area contributed by atoms with E-state index in [-0.39, 0.29) is 40.5 Å². The van der Waals surface area contributed by atoms with Gasteiger partial charge in [-0.3, -0.25) is 9.59 Å². The maximum Gasteiger partial charge on any atom is 0.267 e. The van der Waals surface area contributed by atoms with E-state index in [9.17, 15) is 9.59 Å². The molecule has 1 atom stereocenters. The number of hydrogen-bond acceptors (Lipinski definition) is 4. The van der Waals surface area contributed by atoms with Gasteiger partial charge < -0.3 is 20.7 Å². The highest BCUT2D eigenvalue weighted by Gasteiger charge is 2.31. The van der Waals surface area contributed by atoms with E-state index in [1.54, 1.807) is 24.0 Å². The Morgan fingerprint density at radius 2 is 1.92 bits per heavy atom. The average molecular weight is 394 g/mol. The highest BCUT2D eigenvalue weighted by Crippen LogP contribution is 2.34. The summed E-state index contributed by atoms with van der Waals surface area (Å²) in [7, 11) is 0. The third-order valence-electron chi connectivity index (χ3n) is 4.00. The van der Waals surface area contributed by atoms with E-state index in [2.05, 4.69) is 5.32 Å². The number of nitrogen functional groups attached to an aromatic ring is 1. The number of ether oxygens (including phenoxy) is 1. The summed E-state index contributed by atoms with van der Waals surface area (Å²) >= 11 is 11.9. The molecule has 8 heteroatoms. The fourth-order valence-corrected chi connectivity index (χ4v) is 3.17. The molecule has 136 valence electrons. The van der Waals surface area contributed by atoms with Gasteiger partial charge in [-0.25, -0.2) is 0 Å². The Morgan fingerprint density at radius 1 is 1.27 bits per heavy atom. The zero-order valence-corrected chi connectivity index (χ0v) is 15.5. The summed E-state index contributed by atoms with van der Waals surface area (Å²) in [6.07, 6.45) is -0.491. The van der Waals surface area contributed by atoms with Crippen molar-refractivity contribution in [3.05, 3.63) is 46.4 Å². The van der Waals surface area contributed by atoms with Crippen LogP contribution in [0.3, 0.4) is 0 Å². The minimum atomic E-state index is -0.595. The number of nitrogens with one attached hydrogen (secondary N) is 1. The third kappa shape index (κ3) is 3.71. The molecule has 3 N–H and O–H groups in total. The van der Waals surface area contributed by atoms with Gasteiger partial charge in [0.15, 0.2) is 6.10 Å². The molecule has 26 heavy (non-hydrogen) atoms. The summed E-state index contributed by atoms with van der Waals surface area (Å²) in [6.45, 7) is 1.91. The molecule has 0 spiro atoms. The topological polar surface area (TPSA) is 84.7 Å². The van der Waals surface area contributed by atoms with Gasteiger partial charge in [-0.15, -0.1) is 0 Å². The predicted octanol–water partition coefficient (Wildman–Crippen LogP) is 3.72. The van der Waals surface area contributed by atoms with E-state index in [1.807, 2.05) is 12.1 Å². The first-order valence-corrected chi connectivity index (χ1v) is 8.74. The van der Waals surface area contributed by atoms with Crippen LogP contribution in [0.15, 0.2) is 36.4 Å². The van der Waals surface area contributed by atoms with Crippen molar-refractivity contribution in [2.75, 3.05) is 22.5 Å². The lowest BCUT2D eigenvalue weighted by Crippen LogP contribution is -2.45. The van der Waals surface area contributed by atoms with E-state index in [4.69, 9.17) is 33.7 Å². The monoisotopic (exact) mass is 393 g/mol. The van der Waals surface area contributed by atoms with Crippen molar-refractivity contribution in [3.63, 3.8) is 0 Å². The Labute approximate surface area is 160 Å². The number of hydrogen-bond donors (Lipinski definition) is 2. The van der Waals surface area contributed by atoms with Gasteiger partial charge in [-0.05, 0) is 31.2 Å². The maximum absolute atomic E-state index is 12.4. The summed E-state index contributed by atoms with van der Waals surface area (Å²) in [4.78, 5) is 26.2. The summed E-state index contributed by atoms with van der Waals surface area (Å²) in [5, 5.41) is 3.23. The highest BCUT2D eigenvalue weighted by molar-refractivity contribution is 6.39. The first-order valence-electron chi connectivity index (χ1n) is 7.98. The van der Waals surface area contributed by atoms with E-state index in [0.29, 0.717) is 17.1 Å². The van der Waals surface area contributed by atoms with Crippen LogP contribution in [-0.2, 0) is 9.59 Å². The van der Waals surface area contributed by atoms with Crippen LogP contribution < -0.4 is 20.7 Å². The second kappa shape index (κ2) is 7.43. The number of benzene rings is 2. The molecule has 6 nitrogen and oxygen atoms in total. The second-order valence-electron chi connectivity index (χ2n) is 5.87. The average Bonchev–Trinajstić information content (AvgIpc) is 2.60. The minimum absolute atomic E-state index is 0.104. The molecule has 0 radical (unpaired) electrons. The number of fused-ring (bicyclic) bond motifs is 1. The number of amides is 2. The van der Waals surface area contributed by atoms with Crippen LogP contribution in [0.25, 0.3) is 0 Å². The molecule has 0 aliphatic carbocycles. The van der Waals surface area contributed by atoms with Crippen LogP contribution in [0.1, 0.15) is 13.3 Å². The van der Waals surface area contributed by atoms with Gasteiger partial charge in [0.25, 0.3) is 5.91 Å². The second-order valence-corrected chi connectivity index (χ2v) is 6.68. The van der Waals surface area contributed by atoms with E-state index in [1.165, 1.54) is 12.1 Å². The first kappa shape index (κ1) is 18.4. The maximum atomic E-state index is 12.4. The zero-order valence-electron chi connectivity index (χ0n) is 14.0. The quantitative estimate of drug-likeness (QED) is 0.775. The van der Waals surface area contributed by atoms with Gasteiger partial charge in [0, 0.05) is 18.7 Å². The molecule has 2 amide bonds. The van der Waals surface area contributed by atoms with Gasteiger partial charge in [0.1, 0.15) is 5.75 Å². The van der Waals surface area contributed by atoms with Crippen molar-refractivity contribution in [2.45, 2.75) is 19.4 Å². The van der Waals surface area contributed by atoms with Gasteiger partial charge >= 0.3 is 0 Å². The summed E-state index contributed by atoms with van der Waals surface area (Å²) < 4.78 is 5.58. The van der Waals surface area contributed by atoms with Crippen molar-refractivity contribution < 1.29 is 14.3 Å². The third-order valence-corrected chi connectivity index (χ3v) is 4.62. The van der Waals surface area contributed by atoms with Gasteiger partial charge in [0.2, 0.25) is 5.91 Å². The number of carbonyl (C=O) groups excluding carboxylic acids is 2. The Hall–Kier alpha value is -2.44. The SMILES string of the molecule is CC1Oc2ccccc2N(CCC(=O)Nc2cc(Cl)c(N)c(Cl)c2)C1=O. The number of rotatable bonds is 4. The predicted molar refractivity (Wildman–Crippen MR) is 103 cm³/mol. The molecular weight excluding hydrogens is 377 g/mol. The molecule has 0 saturated carbocycles. The first-order chi connectivity index (χ1) is 12.4. The summed E-state index contributed by atoms with van der Waals surface area (Å²) in [5.41, 5.74) is 7.04. The fraction of sp³-hybridized carbons (Fsp3) is 0.222. The fourth-order valence-electron chi connectivity index (χ4n) is 2.68. The molecule has 0 aromatic heterocycles. The van der Waals surface area contributed by atoms with E-state index >= 15 is 0 Å². The van der Waals surface area contributed by atoms with E-state index in [0.717, 1.165) is 0 Å². The lowest BCUT2D eigenvalue weighted by molar-refractivity contribution is -0.125. The molecule has 2 aromatic rings. The van der Waals surface area contributed by atoms with Crippen LogP contribution in [0.2, 0.25) is 10.0 Å². The molecular formula is C18H17Cl2N3O3. The summed E-state index contributed by atoms with van der Waals surface area (Å²) in [5.74, 6) is 0.165. The van der Waals surface area contributed by atoms with Crippen LogP contribution >= 0.6 is 23.2 Å². The lowest BCUT2D eigenvalue weighted by atomic mass is 10.1. The molecule has 1 aliphatic heterocycles. The molecule has 0 bridgehead atoms. The smallest absolute Gasteiger partial charge is 0.267 e. The number of para-hydroxylation sites is 2. The van der Waals surface area contributed by atoms with Crippen molar-refractivity contribution in [2.24, 2.45) is 0 Å². The molecule has 1 aliphatic rings. The van der Waals surface area contributed by atoms with E-state index < -0.39 is 6.10 Å². The largest absolute Gasteiger partial charge is 0.479 e. The standard InChI is InChI=1S/C18H17Cl2N3O3/c1-10-18(25)23(14-4-2-3-5-15(14)26-10)7-6-16(24)22-11-8-12(19)17(21)13(20)9-11/h2-5,8-10H,6-7,21H2,1H3,(H,22,24). The minimum Gasteiger partial charge on any atom is -0.479 e. The normalized spacial score (nSPS) is 16.0. The van der Waals surface area contributed by atoms with Crippen LogP contribution in [0.4, 0.5) is 17.1 Å². The number of nitrogens with zero attached hydrogens (tertiary/aromatic N) is 1. The zero-order chi connectivity index (χ0) is 18.8. The van der Waals surface area contributed by atoms with Gasteiger partial charge in [-0.1, -0.05) is 35.3 Å². The lowest BCUT2D eigenvalue weighted by Gasteiger charge is -2.32. The Kier molecular flexibility index (Phi) is 5.25. The Bertz CT molecular complexity index is 850. The van der Waals surface area contributed by atoms with Crippen molar-refractivity contribution in [1.82, 2.24) is 0 Å². The van der Waals surface area contributed by atoms with Gasteiger partial charge in [-0.2, -0.15) is 0 Å². The number of anilines is 3. The highest BCUT2D eigenvalue weighted by atomic mass is 35.5. The number of carbonyl (C=O) groups is 2. The molecule has 3 rings (SSSR count). The van der Waals surface area contributed by atoms with Crippen LogP contribution in [0, 0.1) is 0 Å². The summed E-state index contributed by atoms with van der Waals surface area (Å²) in [6, 6.07) is 10.3. The Morgan fingerprint density at radius 3 is 2.62 bits per heavy atom. The molecule has 0 fully saturated rings. The van der Waals surface area contributed by atoms with Crippen LogP contribution in [-0.4, -0.2) is 24.5 Å². The number of nitrogens with two attached hydrogens (primary N) is 1. The number of halogens is 2. The molecule has 0 saturated heterocycles.